The number of anilines is 2. The number of benzene rings is 1. The fourth-order valence-electron chi connectivity index (χ4n) is 2.97. The van der Waals surface area contributed by atoms with Crippen LogP contribution in [-0.4, -0.2) is 44.4 Å². The van der Waals surface area contributed by atoms with E-state index in [1.807, 2.05) is 38.2 Å². The molecule has 3 N–H and O–H groups in total. The summed E-state index contributed by atoms with van der Waals surface area (Å²) in [6.07, 6.45) is 0.772. The normalized spacial score (nSPS) is 14.0. The molecule has 7 heteroatoms. The van der Waals surface area contributed by atoms with Crippen LogP contribution in [0, 0.1) is 0 Å². The van der Waals surface area contributed by atoms with Crippen LogP contribution in [0.5, 0.6) is 0 Å². The Kier molecular flexibility index (Phi) is 4.78. The smallest absolute Gasteiger partial charge is 0.256 e. The third-order valence-corrected chi connectivity index (χ3v) is 5.50. The van der Waals surface area contributed by atoms with Gasteiger partial charge in [-0.15, -0.1) is 11.3 Å². The van der Waals surface area contributed by atoms with Gasteiger partial charge in [-0.2, -0.15) is 0 Å². The zero-order valence-electron chi connectivity index (χ0n) is 14.6. The van der Waals surface area contributed by atoms with Crippen LogP contribution in [0.1, 0.15) is 31.2 Å². The van der Waals surface area contributed by atoms with Crippen molar-refractivity contribution in [2.75, 3.05) is 37.9 Å². The zero-order valence-corrected chi connectivity index (χ0v) is 15.4. The summed E-state index contributed by atoms with van der Waals surface area (Å²) in [6, 6.07) is 7.32. The van der Waals surface area contributed by atoms with E-state index in [0.717, 1.165) is 35.6 Å². The molecule has 0 atom stereocenters. The van der Waals surface area contributed by atoms with Crippen LogP contribution in [-0.2, 0) is 13.0 Å². The summed E-state index contributed by atoms with van der Waals surface area (Å²) in [5.74, 6) is -0.722. The molecule has 3 rings (SSSR count). The molecule has 2 amide bonds. The Morgan fingerprint density at radius 1 is 1.24 bits per heavy atom. The van der Waals surface area contributed by atoms with Crippen molar-refractivity contribution >= 4 is 33.8 Å². The maximum atomic E-state index is 12.6. The standard InChI is InChI=1S/C18H22N4O2S/c1-21(2)12-6-4-11(5-7-12)17(24)20-18-15(16(19)23)13-8-9-22(3)10-14(13)25-18/h4-7H,8-10H2,1-3H3,(H2,19,23)(H,20,24). The van der Waals surface area contributed by atoms with Gasteiger partial charge in [-0.1, -0.05) is 0 Å². The molecule has 1 aromatic heterocycles. The number of nitrogens with zero attached hydrogens (tertiary/aromatic N) is 2. The summed E-state index contributed by atoms with van der Waals surface area (Å²) in [7, 11) is 5.93. The third kappa shape index (κ3) is 3.52. The first-order valence-corrected chi connectivity index (χ1v) is 8.90. The molecule has 0 spiro atoms. The Balaban J connectivity index is 1.87. The van der Waals surface area contributed by atoms with Crippen molar-refractivity contribution in [3.8, 4) is 0 Å². The van der Waals surface area contributed by atoms with Gasteiger partial charge < -0.3 is 20.9 Å². The summed E-state index contributed by atoms with van der Waals surface area (Å²) < 4.78 is 0. The average Bonchev–Trinajstić information content (AvgIpc) is 2.91. The van der Waals surface area contributed by atoms with E-state index in [9.17, 15) is 9.59 Å². The number of nitrogens with two attached hydrogens (primary N) is 1. The molecule has 0 saturated heterocycles. The lowest BCUT2D eigenvalue weighted by Gasteiger charge is -2.22. The number of primary amides is 1. The lowest BCUT2D eigenvalue weighted by atomic mass is 10.0. The Bertz CT molecular complexity index is 811. The Labute approximate surface area is 151 Å². The van der Waals surface area contributed by atoms with Crippen LogP contribution in [0.2, 0.25) is 0 Å². The maximum Gasteiger partial charge on any atom is 0.256 e. The lowest BCUT2D eigenvalue weighted by Crippen LogP contribution is -2.27. The topological polar surface area (TPSA) is 78.7 Å². The monoisotopic (exact) mass is 358 g/mol. The van der Waals surface area contributed by atoms with Gasteiger partial charge in [-0.3, -0.25) is 9.59 Å². The number of rotatable bonds is 4. The molecule has 0 aliphatic carbocycles. The van der Waals surface area contributed by atoms with Gasteiger partial charge in [-0.25, -0.2) is 0 Å². The molecule has 2 heterocycles. The van der Waals surface area contributed by atoms with Crippen molar-refractivity contribution in [3.05, 3.63) is 45.8 Å². The van der Waals surface area contributed by atoms with E-state index in [0.29, 0.717) is 16.1 Å². The van der Waals surface area contributed by atoms with Crippen molar-refractivity contribution in [3.63, 3.8) is 0 Å². The fraction of sp³-hybridized carbons (Fsp3) is 0.333. The van der Waals surface area contributed by atoms with Crippen LogP contribution < -0.4 is 16.0 Å². The minimum absolute atomic E-state index is 0.236. The summed E-state index contributed by atoms with van der Waals surface area (Å²) >= 11 is 1.44. The number of carbonyl (C=O) groups is 2. The third-order valence-electron chi connectivity index (χ3n) is 4.37. The summed E-state index contributed by atoms with van der Waals surface area (Å²) in [4.78, 5) is 29.8. The molecule has 132 valence electrons. The summed E-state index contributed by atoms with van der Waals surface area (Å²) in [6.45, 7) is 1.65. The highest BCUT2D eigenvalue weighted by Gasteiger charge is 2.26. The average molecular weight is 358 g/mol. The molecule has 2 aromatic rings. The molecule has 0 bridgehead atoms. The van der Waals surface area contributed by atoms with Gasteiger partial charge in [0.15, 0.2) is 0 Å². The first kappa shape index (κ1) is 17.4. The fourth-order valence-corrected chi connectivity index (χ4v) is 4.29. The largest absolute Gasteiger partial charge is 0.378 e. The Morgan fingerprint density at radius 2 is 1.92 bits per heavy atom. The van der Waals surface area contributed by atoms with E-state index in [1.54, 1.807) is 12.1 Å². The quantitative estimate of drug-likeness (QED) is 0.878. The second-order valence-corrected chi connectivity index (χ2v) is 7.56. The molecule has 0 fully saturated rings. The highest BCUT2D eigenvalue weighted by atomic mass is 32.1. The first-order chi connectivity index (χ1) is 11.9. The minimum Gasteiger partial charge on any atom is -0.378 e. The van der Waals surface area contributed by atoms with Crippen molar-refractivity contribution < 1.29 is 9.59 Å². The number of hydrogen-bond acceptors (Lipinski definition) is 5. The van der Waals surface area contributed by atoms with Gasteiger partial charge in [0, 0.05) is 43.3 Å². The molecule has 1 aliphatic rings. The second kappa shape index (κ2) is 6.85. The van der Waals surface area contributed by atoms with E-state index in [2.05, 4.69) is 10.2 Å². The number of likely N-dealkylation sites (N-methyl/N-ethyl adjacent to an activating group) is 1. The Hall–Kier alpha value is -2.38. The van der Waals surface area contributed by atoms with E-state index in [1.165, 1.54) is 11.3 Å². The SMILES string of the molecule is CN1CCc2c(sc(NC(=O)c3ccc(N(C)C)cc3)c2C(N)=O)C1. The van der Waals surface area contributed by atoms with Gasteiger partial charge in [-0.05, 0) is 43.3 Å². The number of amides is 2. The number of carbonyl (C=O) groups excluding carboxylic acids is 2. The predicted octanol–water partition coefficient (Wildman–Crippen LogP) is 2.15. The highest BCUT2D eigenvalue weighted by molar-refractivity contribution is 7.17. The zero-order chi connectivity index (χ0) is 18.1. The molecule has 25 heavy (non-hydrogen) atoms. The van der Waals surface area contributed by atoms with E-state index >= 15 is 0 Å². The lowest BCUT2D eigenvalue weighted by molar-refractivity contribution is 0.1000. The number of nitrogens with one attached hydrogen (secondary N) is 1. The molecule has 1 aromatic carbocycles. The van der Waals surface area contributed by atoms with Crippen LogP contribution in [0.4, 0.5) is 10.7 Å². The van der Waals surface area contributed by atoms with E-state index in [-0.39, 0.29) is 5.91 Å². The van der Waals surface area contributed by atoms with Crippen LogP contribution >= 0.6 is 11.3 Å². The van der Waals surface area contributed by atoms with Gasteiger partial charge in [0.2, 0.25) is 0 Å². The summed E-state index contributed by atoms with van der Waals surface area (Å²) in [5.41, 5.74) is 8.59. The predicted molar refractivity (Wildman–Crippen MR) is 102 cm³/mol. The molecule has 1 aliphatic heterocycles. The van der Waals surface area contributed by atoms with Gasteiger partial charge in [0.05, 0.1) is 5.56 Å². The first-order valence-electron chi connectivity index (χ1n) is 8.08. The maximum absolute atomic E-state index is 12.6. The number of thiophene rings is 1. The molecule has 0 radical (unpaired) electrons. The van der Waals surface area contributed by atoms with Gasteiger partial charge in [0.1, 0.15) is 5.00 Å². The molecule has 6 nitrogen and oxygen atoms in total. The summed E-state index contributed by atoms with van der Waals surface area (Å²) in [5, 5.41) is 3.43. The molecular weight excluding hydrogens is 336 g/mol. The van der Waals surface area contributed by atoms with Crippen LogP contribution in [0.25, 0.3) is 0 Å². The minimum atomic E-state index is -0.486. The number of hydrogen-bond donors (Lipinski definition) is 2. The van der Waals surface area contributed by atoms with Crippen molar-refractivity contribution in [1.29, 1.82) is 0 Å². The molecule has 0 saturated carbocycles. The molecular formula is C18H22N4O2S. The molecule has 0 unspecified atom stereocenters. The van der Waals surface area contributed by atoms with Crippen LogP contribution in [0.15, 0.2) is 24.3 Å². The Morgan fingerprint density at radius 3 is 2.52 bits per heavy atom. The van der Waals surface area contributed by atoms with E-state index < -0.39 is 5.91 Å². The highest BCUT2D eigenvalue weighted by Crippen LogP contribution is 2.36. The van der Waals surface area contributed by atoms with Crippen molar-refractivity contribution in [2.24, 2.45) is 5.73 Å². The number of fused-ring (bicyclic) bond motifs is 1. The van der Waals surface area contributed by atoms with Gasteiger partial charge >= 0.3 is 0 Å². The van der Waals surface area contributed by atoms with Crippen LogP contribution in [0.3, 0.4) is 0 Å². The van der Waals surface area contributed by atoms with Gasteiger partial charge in [0.25, 0.3) is 11.8 Å². The second-order valence-electron chi connectivity index (χ2n) is 6.46. The van der Waals surface area contributed by atoms with Crippen molar-refractivity contribution in [2.45, 2.75) is 13.0 Å². The van der Waals surface area contributed by atoms with Crippen molar-refractivity contribution in [1.82, 2.24) is 4.90 Å². The van der Waals surface area contributed by atoms with E-state index in [4.69, 9.17) is 5.73 Å².